The summed E-state index contributed by atoms with van der Waals surface area (Å²) >= 11 is 6.35. The van der Waals surface area contributed by atoms with Gasteiger partial charge in [0.25, 0.3) is 0 Å². The van der Waals surface area contributed by atoms with Crippen LogP contribution in [0.1, 0.15) is 63.0 Å². The van der Waals surface area contributed by atoms with Gasteiger partial charge in [0.2, 0.25) is 21.8 Å². The lowest BCUT2D eigenvalue weighted by molar-refractivity contribution is -0.141. The van der Waals surface area contributed by atoms with Crippen LogP contribution in [0.15, 0.2) is 48.5 Å². The van der Waals surface area contributed by atoms with Gasteiger partial charge in [-0.15, -0.1) is 0 Å². The fourth-order valence-corrected chi connectivity index (χ4v) is 6.09. The summed E-state index contributed by atoms with van der Waals surface area (Å²) in [6.45, 7) is 1.68. The number of amides is 2. The normalized spacial score (nSPS) is 15.1. The van der Waals surface area contributed by atoms with E-state index in [1.807, 2.05) is 6.92 Å². The zero-order valence-electron chi connectivity index (χ0n) is 22.6. The quantitative estimate of drug-likeness (QED) is 0.335. The smallest absolute Gasteiger partial charge is 0.352 e. The molecule has 0 heterocycles. The van der Waals surface area contributed by atoms with Gasteiger partial charge < -0.3 is 10.2 Å². The summed E-state index contributed by atoms with van der Waals surface area (Å²) in [5, 5.41) is 3.50. The molecule has 12 heteroatoms. The predicted octanol–water partition coefficient (Wildman–Crippen LogP) is 5.77. The predicted molar refractivity (Wildman–Crippen MR) is 149 cm³/mol. The number of hydrogen-bond donors (Lipinski definition) is 1. The molecule has 0 bridgehead atoms. The van der Waals surface area contributed by atoms with Gasteiger partial charge in [-0.3, -0.25) is 13.9 Å². The molecule has 7 nitrogen and oxygen atoms in total. The molecule has 2 aromatic rings. The first-order chi connectivity index (χ1) is 18.8. The molecule has 220 valence electrons. The minimum atomic E-state index is -4.64. The van der Waals surface area contributed by atoms with Crippen molar-refractivity contribution >= 4 is 39.1 Å². The zero-order chi connectivity index (χ0) is 29.5. The van der Waals surface area contributed by atoms with Gasteiger partial charge in [0.15, 0.2) is 0 Å². The molecule has 1 atom stereocenters. The van der Waals surface area contributed by atoms with Crippen molar-refractivity contribution < 1.29 is 31.2 Å². The highest BCUT2D eigenvalue weighted by atomic mass is 35.5. The van der Waals surface area contributed by atoms with Gasteiger partial charge in [-0.1, -0.05) is 55.6 Å². The van der Waals surface area contributed by atoms with E-state index in [9.17, 15) is 31.2 Å². The molecule has 3 rings (SSSR count). The molecular weight excluding hydrogens is 567 g/mol. The third kappa shape index (κ3) is 8.60. The van der Waals surface area contributed by atoms with Crippen molar-refractivity contribution in [3.63, 3.8) is 0 Å². The van der Waals surface area contributed by atoms with Gasteiger partial charge in [0.05, 0.1) is 17.5 Å². The second kappa shape index (κ2) is 13.7. The molecule has 2 aromatic carbocycles. The number of benzene rings is 2. The highest BCUT2D eigenvalue weighted by Crippen LogP contribution is 2.32. The van der Waals surface area contributed by atoms with E-state index < -0.39 is 27.8 Å². The second-order valence-electron chi connectivity index (χ2n) is 10.0. The van der Waals surface area contributed by atoms with Crippen molar-refractivity contribution in [3.8, 4) is 0 Å². The average molecular weight is 602 g/mol. The van der Waals surface area contributed by atoms with E-state index in [2.05, 4.69) is 5.32 Å². The van der Waals surface area contributed by atoms with Crippen molar-refractivity contribution in [3.05, 3.63) is 64.7 Å². The first-order valence-electron chi connectivity index (χ1n) is 13.3. The number of nitrogens with one attached hydrogen (secondary N) is 1. The number of rotatable bonds is 12. The molecule has 0 saturated heterocycles. The Morgan fingerprint density at radius 1 is 1.10 bits per heavy atom. The number of carbonyl (C=O) groups is 2. The Labute approximate surface area is 238 Å². The summed E-state index contributed by atoms with van der Waals surface area (Å²) in [6.07, 6.45) is 0.370. The highest BCUT2D eigenvalue weighted by molar-refractivity contribution is 7.92. The number of halogens is 4. The maximum Gasteiger partial charge on any atom is 0.416 e. The Morgan fingerprint density at radius 3 is 2.38 bits per heavy atom. The van der Waals surface area contributed by atoms with Gasteiger partial charge in [-0.2, -0.15) is 13.2 Å². The number of nitrogens with zero attached hydrogens (tertiary/aromatic N) is 2. The molecule has 40 heavy (non-hydrogen) atoms. The third-order valence-electron chi connectivity index (χ3n) is 7.00. The van der Waals surface area contributed by atoms with E-state index in [1.165, 1.54) is 11.0 Å². The van der Waals surface area contributed by atoms with E-state index in [0.29, 0.717) is 17.0 Å². The van der Waals surface area contributed by atoms with Crippen molar-refractivity contribution in [1.82, 2.24) is 10.2 Å². The lowest BCUT2D eigenvalue weighted by Crippen LogP contribution is -2.51. The lowest BCUT2D eigenvalue weighted by Gasteiger charge is -2.32. The number of carbonyl (C=O) groups excluding carboxylic acids is 2. The number of sulfonamides is 1. The van der Waals surface area contributed by atoms with Crippen molar-refractivity contribution in [1.29, 1.82) is 0 Å². The topological polar surface area (TPSA) is 86.8 Å². The van der Waals surface area contributed by atoms with E-state index in [4.69, 9.17) is 11.6 Å². The van der Waals surface area contributed by atoms with Crippen LogP contribution in [0.25, 0.3) is 0 Å². The highest BCUT2D eigenvalue weighted by Gasteiger charge is 2.33. The molecule has 1 N–H and O–H groups in total. The molecule has 0 spiro atoms. The van der Waals surface area contributed by atoms with E-state index >= 15 is 0 Å². The van der Waals surface area contributed by atoms with E-state index in [1.54, 1.807) is 24.3 Å². The summed E-state index contributed by atoms with van der Waals surface area (Å²) in [7, 11) is -3.94. The van der Waals surface area contributed by atoms with Gasteiger partial charge in [-0.05, 0) is 55.5 Å². The largest absolute Gasteiger partial charge is 0.416 e. The standard InChI is InChI=1S/C28H35ClF3N3O4S/c1-3-25(27(37)33-22-12-5-6-13-22)34(19-20-10-4-7-15-24(20)29)26(36)16-9-17-35(40(2,38)39)23-14-8-11-21(18-23)28(30,31)32/h4,7-8,10-11,14-15,18,22,25H,3,5-6,9,12-13,16-17,19H2,1-2H3,(H,33,37)/t25-/m1/s1. The molecule has 1 fully saturated rings. The van der Waals surface area contributed by atoms with Crippen LogP contribution in [0, 0.1) is 0 Å². The van der Waals surface area contributed by atoms with E-state index in [0.717, 1.165) is 54.4 Å². The van der Waals surface area contributed by atoms with Crippen LogP contribution in [-0.2, 0) is 32.3 Å². The first-order valence-corrected chi connectivity index (χ1v) is 15.5. The van der Waals surface area contributed by atoms with Crippen LogP contribution in [0.4, 0.5) is 18.9 Å². The summed E-state index contributed by atoms with van der Waals surface area (Å²) in [6, 6.07) is 10.4. The fraction of sp³-hybridized carbons (Fsp3) is 0.500. The van der Waals surface area contributed by atoms with Crippen LogP contribution < -0.4 is 9.62 Å². The number of anilines is 1. The Balaban J connectivity index is 1.79. The first kappa shape index (κ1) is 31.7. The van der Waals surface area contributed by atoms with Crippen molar-refractivity contribution in [2.24, 2.45) is 0 Å². The van der Waals surface area contributed by atoms with Crippen molar-refractivity contribution in [2.75, 3.05) is 17.1 Å². The maximum atomic E-state index is 13.5. The average Bonchev–Trinajstić information content (AvgIpc) is 3.39. The molecule has 0 radical (unpaired) electrons. The molecule has 1 aliphatic carbocycles. The number of alkyl halides is 3. The Kier molecular flexibility index (Phi) is 10.9. The Morgan fingerprint density at radius 2 is 1.77 bits per heavy atom. The molecule has 0 aliphatic heterocycles. The summed E-state index contributed by atoms with van der Waals surface area (Å²) in [4.78, 5) is 28.2. The summed E-state index contributed by atoms with van der Waals surface area (Å²) in [5.41, 5.74) is -0.453. The van der Waals surface area contributed by atoms with Crippen LogP contribution >= 0.6 is 11.6 Å². The van der Waals surface area contributed by atoms with Crippen LogP contribution in [0.2, 0.25) is 5.02 Å². The van der Waals surface area contributed by atoms with Crippen LogP contribution in [0.5, 0.6) is 0 Å². The van der Waals surface area contributed by atoms with Gasteiger partial charge in [-0.25, -0.2) is 8.42 Å². The maximum absolute atomic E-state index is 13.5. The molecule has 0 aromatic heterocycles. The van der Waals surface area contributed by atoms with E-state index in [-0.39, 0.29) is 49.5 Å². The molecular formula is C28H35ClF3N3O4S. The Bertz CT molecular complexity index is 1280. The van der Waals surface area contributed by atoms with Gasteiger partial charge in [0.1, 0.15) is 6.04 Å². The lowest BCUT2D eigenvalue weighted by atomic mass is 10.1. The van der Waals surface area contributed by atoms with Gasteiger partial charge >= 0.3 is 6.18 Å². The fourth-order valence-electron chi connectivity index (χ4n) is 4.94. The SMILES string of the molecule is CC[C@H](C(=O)NC1CCCC1)N(Cc1ccccc1Cl)C(=O)CCCN(c1cccc(C(F)(F)F)c1)S(C)(=O)=O. The minimum absolute atomic E-state index is 0.0296. The van der Waals surface area contributed by atoms with Crippen molar-refractivity contribution in [2.45, 2.75) is 76.7 Å². The minimum Gasteiger partial charge on any atom is -0.352 e. The van der Waals surface area contributed by atoms with Gasteiger partial charge in [0, 0.05) is 30.6 Å². The molecule has 1 saturated carbocycles. The van der Waals surface area contributed by atoms with Crippen LogP contribution in [-0.4, -0.2) is 50.0 Å². The molecule has 1 aliphatic rings. The summed E-state index contributed by atoms with van der Waals surface area (Å²) < 4.78 is 65.5. The molecule has 2 amide bonds. The number of hydrogen-bond acceptors (Lipinski definition) is 4. The summed E-state index contributed by atoms with van der Waals surface area (Å²) in [5.74, 6) is -0.637. The third-order valence-corrected chi connectivity index (χ3v) is 8.56. The monoisotopic (exact) mass is 601 g/mol. The Hall–Kier alpha value is -2.79. The van der Waals surface area contributed by atoms with Crippen LogP contribution in [0.3, 0.4) is 0 Å². The molecule has 0 unspecified atom stereocenters. The zero-order valence-corrected chi connectivity index (χ0v) is 24.2. The second-order valence-corrected chi connectivity index (χ2v) is 12.3.